The predicted octanol–water partition coefficient (Wildman–Crippen LogP) is 6.06. The predicted molar refractivity (Wildman–Crippen MR) is 145 cm³/mol. The van der Waals surface area contributed by atoms with Crippen molar-refractivity contribution in [3.05, 3.63) is 90.1 Å². The van der Waals surface area contributed by atoms with Crippen LogP contribution in [0.4, 0.5) is 35.1 Å². The van der Waals surface area contributed by atoms with E-state index in [2.05, 4.69) is 19.9 Å². The summed E-state index contributed by atoms with van der Waals surface area (Å²) in [6, 6.07) is 12.5. The fraction of sp³-hybridized carbons (Fsp3) is 0.179. The number of rotatable bonds is 7. The van der Waals surface area contributed by atoms with Crippen LogP contribution >= 0.6 is 0 Å². The second-order valence-corrected chi connectivity index (χ2v) is 8.99. The van der Waals surface area contributed by atoms with Gasteiger partial charge < -0.3 is 29.2 Å². The highest BCUT2D eigenvalue weighted by Crippen LogP contribution is 2.31. The van der Waals surface area contributed by atoms with Crippen LogP contribution in [-0.2, 0) is 29.9 Å². The maximum absolute atomic E-state index is 14.0. The van der Waals surface area contributed by atoms with E-state index in [0.29, 0.717) is 34.1 Å². The monoisotopic (exact) mass is 675 g/mol. The van der Waals surface area contributed by atoms with E-state index in [1.165, 1.54) is 18.2 Å². The largest absolute Gasteiger partial charge is 0.490 e. The van der Waals surface area contributed by atoms with Gasteiger partial charge in [0.05, 0.1) is 5.56 Å². The molecule has 3 N–H and O–H groups in total. The summed E-state index contributed by atoms with van der Waals surface area (Å²) in [5, 5.41) is 14.2. The fourth-order valence-corrected chi connectivity index (χ4v) is 3.36. The molecule has 0 fully saturated rings. The number of H-pyrrole nitrogens is 1. The lowest BCUT2D eigenvalue weighted by atomic mass is 10.2. The number of aryl methyl sites for hydroxylation is 1. The van der Waals surface area contributed by atoms with Crippen molar-refractivity contribution in [1.82, 2.24) is 24.5 Å². The summed E-state index contributed by atoms with van der Waals surface area (Å²) >= 11 is 0. The normalized spacial score (nSPS) is 11.2. The van der Waals surface area contributed by atoms with Crippen LogP contribution in [0.1, 0.15) is 11.4 Å². The molecule has 5 aromatic rings. The van der Waals surface area contributed by atoms with Gasteiger partial charge in [-0.2, -0.15) is 26.3 Å². The summed E-state index contributed by atoms with van der Waals surface area (Å²) in [7, 11) is 1.88. The molecule has 0 radical (unpaired) electrons. The van der Waals surface area contributed by atoms with E-state index < -0.39 is 35.9 Å². The standard InChI is InChI=1S/C24H19F2N5O2.2C2HF3O2/c1-31-9-8-27-22(31)14-33-17-11-15(23-29-21-6-3-7-28-24(21)30-23)10-16(12-17)32-13-18-19(25)4-2-5-20(18)26;2*3-2(4,5)1(6)7/h2-12H,13-14H2,1H3,(H,28,29,30);2*(H,6,7). The molecule has 250 valence electrons. The van der Waals surface area contributed by atoms with Crippen molar-refractivity contribution >= 4 is 23.1 Å². The molecule has 0 amide bonds. The number of imidazole rings is 2. The maximum atomic E-state index is 14.0. The van der Waals surface area contributed by atoms with Crippen LogP contribution < -0.4 is 9.47 Å². The number of pyridine rings is 1. The molecule has 0 saturated heterocycles. The Labute approximate surface area is 258 Å². The van der Waals surface area contributed by atoms with E-state index in [4.69, 9.17) is 29.3 Å². The average Bonchev–Trinajstić information content (AvgIpc) is 3.61. The lowest BCUT2D eigenvalue weighted by Gasteiger charge is -2.12. The molecular weight excluding hydrogens is 654 g/mol. The number of carboxylic acids is 2. The lowest BCUT2D eigenvalue weighted by Crippen LogP contribution is -2.21. The number of hydrogen-bond acceptors (Lipinski definition) is 7. The van der Waals surface area contributed by atoms with Gasteiger partial charge in [0, 0.05) is 37.3 Å². The van der Waals surface area contributed by atoms with Gasteiger partial charge >= 0.3 is 24.3 Å². The third-order valence-electron chi connectivity index (χ3n) is 5.63. The molecule has 19 heteroatoms. The summed E-state index contributed by atoms with van der Waals surface area (Å²) in [6.45, 7) is -0.0432. The summed E-state index contributed by atoms with van der Waals surface area (Å²) in [4.78, 5) is 34.1. The van der Waals surface area contributed by atoms with Gasteiger partial charge in [-0.15, -0.1) is 0 Å². The zero-order chi connectivity index (χ0) is 34.9. The maximum Gasteiger partial charge on any atom is 0.490 e. The van der Waals surface area contributed by atoms with E-state index in [1.807, 2.05) is 23.9 Å². The van der Waals surface area contributed by atoms with Gasteiger partial charge in [-0.3, -0.25) is 0 Å². The number of carboxylic acid groups (broad SMARTS) is 2. The first kappa shape index (κ1) is 35.7. The molecule has 47 heavy (non-hydrogen) atoms. The zero-order valence-electron chi connectivity index (χ0n) is 23.6. The van der Waals surface area contributed by atoms with Crippen molar-refractivity contribution < 1.29 is 64.4 Å². The first-order valence-electron chi connectivity index (χ1n) is 12.7. The van der Waals surface area contributed by atoms with E-state index >= 15 is 0 Å². The third kappa shape index (κ3) is 10.4. The Kier molecular flexibility index (Phi) is 11.4. The van der Waals surface area contributed by atoms with Gasteiger partial charge in [-0.1, -0.05) is 6.07 Å². The molecule has 11 nitrogen and oxygen atoms in total. The lowest BCUT2D eigenvalue weighted by molar-refractivity contribution is -0.193. The molecular formula is C28H21F8N5O6. The summed E-state index contributed by atoms with van der Waals surface area (Å²) in [5.41, 5.74) is 1.88. The van der Waals surface area contributed by atoms with Crippen molar-refractivity contribution in [2.45, 2.75) is 25.6 Å². The number of aromatic amines is 1. The minimum absolute atomic E-state index is 0.147. The highest BCUT2D eigenvalue weighted by molar-refractivity contribution is 5.76. The number of nitrogens with zero attached hydrogens (tertiary/aromatic N) is 4. The molecule has 3 aromatic heterocycles. The minimum Gasteiger partial charge on any atom is -0.489 e. The molecule has 0 spiro atoms. The molecule has 2 aromatic carbocycles. The van der Waals surface area contributed by atoms with Crippen molar-refractivity contribution in [2.75, 3.05) is 0 Å². The van der Waals surface area contributed by atoms with Gasteiger partial charge in [-0.05, 0) is 36.4 Å². The fourth-order valence-electron chi connectivity index (χ4n) is 3.36. The van der Waals surface area contributed by atoms with Gasteiger partial charge in [0.2, 0.25) is 0 Å². The van der Waals surface area contributed by atoms with Crippen molar-refractivity contribution in [3.63, 3.8) is 0 Å². The highest BCUT2D eigenvalue weighted by atomic mass is 19.4. The van der Waals surface area contributed by atoms with Crippen molar-refractivity contribution in [2.24, 2.45) is 7.05 Å². The third-order valence-corrected chi connectivity index (χ3v) is 5.63. The summed E-state index contributed by atoms with van der Waals surface area (Å²) in [5.74, 6) is -4.68. The number of alkyl halides is 6. The van der Waals surface area contributed by atoms with E-state index in [-0.39, 0.29) is 18.8 Å². The molecule has 0 aliphatic heterocycles. The summed E-state index contributed by atoms with van der Waals surface area (Å²) in [6.07, 6.45) is -4.98. The number of carbonyl (C=O) groups is 2. The Morgan fingerprint density at radius 2 is 1.38 bits per heavy atom. The second kappa shape index (κ2) is 15.0. The first-order valence-corrected chi connectivity index (χ1v) is 12.7. The molecule has 0 aliphatic carbocycles. The SMILES string of the molecule is Cn1ccnc1COc1cc(OCc2c(F)cccc2F)cc(-c2nc3cccnc3[nH]2)c1.O=C(O)C(F)(F)F.O=C(O)C(F)(F)F. The molecule has 3 heterocycles. The number of benzene rings is 2. The minimum atomic E-state index is -5.08. The van der Waals surface area contributed by atoms with Crippen LogP contribution in [-0.4, -0.2) is 59.0 Å². The first-order chi connectivity index (χ1) is 22.0. The molecule has 5 rings (SSSR count). The van der Waals surface area contributed by atoms with Crippen LogP contribution in [0, 0.1) is 11.6 Å². The number of nitrogens with one attached hydrogen (secondary N) is 1. The van der Waals surface area contributed by atoms with Gasteiger partial charge in [0.25, 0.3) is 0 Å². The molecule has 0 unspecified atom stereocenters. The quantitative estimate of drug-likeness (QED) is 0.175. The van der Waals surface area contributed by atoms with Gasteiger partial charge in [0.15, 0.2) is 5.65 Å². The van der Waals surface area contributed by atoms with Crippen molar-refractivity contribution in [1.29, 1.82) is 0 Å². The smallest absolute Gasteiger partial charge is 0.489 e. The number of hydrogen-bond donors (Lipinski definition) is 3. The number of halogens is 8. The van der Waals surface area contributed by atoms with Crippen LogP contribution in [0.3, 0.4) is 0 Å². The molecule has 0 saturated carbocycles. The Hall–Kier alpha value is -5.75. The Morgan fingerprint density at radius 3 is 1.87 bits per heavy atom. The van der Waals surface area contributed by atoms with Crippen LogP contribution in [0.2, 0.25) is 0 Å². The number of ether oxygens (including phenoxy) is 2. The topological polar surface area (TPSA) is 152 Å². The van der Waals surface area contributed by atoms with E-state index in [1.54, 1.807) is 36.7 Å². The van der Waals surface area contributed by atoms with Gasteiger partial charge in [0.1, 0.15) is 53.5 Å². The van der Waals surface area contributed by atoms with Crippen LogP contribution in [0.5, 0.6) is 11.5 Å². The number of aliphatic carboxylic acids is 2. The van der Waals surface area contributed by atoms with Gasteiger partial charge in [-0.25, -0.2) is 33.3 Å². The average molecular weight is 675 g/mol. The second-order valence-electron chi connectivity index (χ2n) is 8.99. The Balaban J connectivity index is 0.000000360. The molecule has 0 aliphatic rings. The number of aromatic nitrogens is 5. The summed E-state index contributed by atoms with van der Waals surface area (Å²) < 4.78 is 105. The molecule has 0 bridgehead atoms. The Bertz CT molecular complexity index is 1760. The van der Waals surface area contributed by atoms with E-state index in [0.717, 1.165) is 5.82 Å². The van der Waals surface area contributed by atoms with Crippen molar-refractivity contribution in [3.8, 4) is 22.9 Å². The molecule has 0 atom stereocenters. The van der Waals surface area contributed by atoms with Crippen LogP contribution in [0.25, 0.3) is 22.6 Å². The number of fused-ring (bicyclic) bond motifs is 1. The van der Waals surface area contributed by atoms with Crippen LogP contribution in [0.15, 0.2) is 67.1 Å². The van der Waals surface area contributed by atoms with E-state index in [9.17, 15) is 35.1 Å². The zero-order valence-corrected chi connectivity index (χ0v) is 23.6. The Morgan fingerprint density at radius 1 is 0.830 bits per heavy atom. The highest BCUT2D eigenvalue weighted by Gasteiger charge is 2.38.